The van der Waals surface area contributed by atoms with Gasteiger partial charge in [-0.15, -0.1) is 20.4 Å². The lowest BCUT2D eigenvalue weighted by atomic mass is 10.1. The van der Waals surface area contributed by atoms with Crippen LogP contribution in [0.4, 0.5) is 0 Å². The summed E-state index contributed by atoms with van der Waals surface area (Å²) in [6, 6.07) is 8.00. The molecule has 0 radical (unpaired) electrons. The highest BCUT2D eigenvalue weighted by atomic mass is 15.5. The third-order valence-corrected chi connectivity index (χ3v) is 3.42. The van der Waals surface area contributed by atoms with E-state index in [1.54, 1.807) is 6.20 Å². The number of nitrogens with one attached hydrogen (secondary N) is 2. The molecule has 0 aliphatic rings. The Hall–Kier alpha value is -3.43. The van der Waals surface area contributed by atoms with Crippen LogP contribution in [-0.2, 0) is 13.0 Å². The first-order chi connectivity index (χ1) is 11.4. The Kier molecular flexibility index (Phi) is 3.31. The van der Waals surface area contributed by atoms with Gasteiger partial charge in [0.1, 0.15) is 5.82 Å². The number of benzene rings is 1. The fraction of sp³-hybridized carbons (Fsp3) is 0.154. The Bertz CT molecular complexity index is 860. The number of aromatic amines is 2. The van der Waals surface area contributed by atoms with Crippen LogP contribution in [0.25, 0.3) is 11.4 Å². The number of H-pyrrole nitrogens is 2. The molecule has 0 fully saturated rings. The maximum absolute atomic E-state index is 4.35. The van der Waals surface area contributed by atoms with Crippen LogP contribution in [0.5, 0.6) is 0 Å². The van der Waals surface area contributed by atoms with Crippen molar-refractivity contribution in [3.63, 3.8) is 0 Å². The van der Waals surface area contributed by atoms with Crippen molar-refractivity contribution in [3.05, 3.63) is 53.9 Å². The van der Waals surface area contributed by atoms with Crippen molar-refractivity contribution < 1.29 is 0 Å². The van der Waals surface area contributed by atoms with Crippen molar-refractivity contribution in [1.29, 1.82) is 0 Å². The highest BCUT2D eigenvalue weighted by Crippen LogP contribution is 2.15. The molecule has 4 aromatic rings. The van der Waals surface area contributed by atoms with Gasteiger partial charge in [-0.2, -0.15) is 10.4 Å². The van der Waals surface area contributed by atoms with Crippen LogP contribution in [0.15, 0.2) is 36.7 Å². The van der Waals surface area contributed by atoms with E-state index in [1.165, 1.54) is 0 Å². The molecule has 0 unspecified atom stereocenters. The zero-order valence-corrected chi connectivity index (χ0v) is 12.0. The normalized spacial score (nSPS) is 11.0. The fourth-order valence-corrected chi connectivity index (χ4v) is 2.29. The second-order valence-corrected chi connectivity index (χ2v) is 4.91. The first-order valence-corrected chi connectivity index (χ1v) is 6.93. The lowest BCUT2D eigenvalue weighted by molar-refractivity contribution is 0.729. The van der Waals surface area contributed by atoms with Crippen molar-refractivity contribution in [2.75, 3.05) is 0 Å². The standard InChI is InChI=1S/C13H12N10/c1-3-10(13-17-21-22-18-13)4-2-9(1)8-23-6-5-14-12(23)7-11-15-19-20-16-11/h1-6H,7-8H2,(H,15,16,19,20)(H,17,18,21,22). The molecule has 10 heteroatoms. The van der Waals surface area contributed by atoms with Crippen LogP contribution in [0, 0.1) is 0 Å². The van der Waals surface area contributed by atoms with Gasteiger partial charge in [0.25, 0.3) is 0 Å². The van der Waals surface area contributed by atoms with Crippen LogP contribution in [-0.4, -0.2) is 50.8 Å². The number of aromatic nitrogens is 10. The van der Waals surface area contributed by atoms with Gasteiger partial charge in [-0.05, 0) is 10.8 Å². The van der Waals surface area contributed by atoms with Gasteiger partial charge in [0.15, 0.2) is 5.82 Å². The first kappa shape index (κ1) is 13.2. The molecule has 0 aliphatic heterocycles. The second kappa shape index (κ2) is 5.75. The molecule has 10 nitrogen and oxygen atoms in total. The van der Waals surface area contributed by atoms with Crippen molar-refractivity contribution in [3.8, 4) is 11.4 Å². The molecule has 0 aliphatic carbocycles. The predicted octanol–water partition coefficient (Wildman–Crippen LogP) is 0.215. The Morgan fingerprint density at radius 3 is 2.52 bits per heavy atom. The highest BCUT2D eigenvalue weighted by Gasteiger charge is 2.08. The molecule has 0 bridgehead atoms. The van der Waals surface area contributed by atoms with E-state index in [9.17, 15) is 0 Å². The van der Waals surface area contributed by atoms with Crippen molar-refractivity contribution in [1.82, 2.24) is 50.8 Å². The van der Waals surface area contributed by atoms with E-state index in [0.29, 0.717) is 24.6 Å². The highest BCUT2D eigenvalue weighted by molar-refractivity contribution is 5.54. The van der Waals surface area contributed by atoms with Gasteiger partial charge in [0.05, 0.1) is 6.42 Å². The van der Waals surface area contributed by atoms with Crippen molar-refractivity contribution in [2.24, 2.45) is 0 Å². The first-order valence-electron chi connectivity index (χ1n) is 6.93. The van der Waals surface area contributed by atoms with E-state index in [0.717, 1.165) is 17.0 Å². The Morgan fingerprint density at radius 2 is 1.78 bits per heavy atom. The fourth-order valence-electron chi connectivity index (χ4n) is 2.29. The molecular weight excluding hydrogens is 296 g/mol. The average Bonchev–Trinajstić information content (AvgIpc) is 3.32. The van der Waals surface area contributed by atoms with E-state index in [-0.39, 0.29) is 0 Å². The summed E-state index contributed by atoms with van der Waals surface area (Å²) in [5, 5.41) is 27.8. The lowest BCUT2D eigenvalue weighted by Gasteiger charge is -2.07. The molecule has 0 saturated heterocycles. The summed E-state index contributed by atoms with van der Waals surface area (Å²) in [6.07, 6.45) is 4.23. The van der Waals surface area contributed by atoms with Crippen molar-refractivity contribution in [2.45, 2.75) is 13.0 Å². The number of hydrogen-bond donors (Lipinski definition) is 2. The second-order valence-electron chi connectivity index (χ2n) is 4.91. The minimum Gasteiger partial charge on any atom is -0.330 e. The van der Waals surface area contributed by atoms with Gasteiger partial charge >= 0.3 is 0 Å². The molecule has 114 valence electrons. The van der Waals surface area contributed by atoms with E-state index < -0.39 is 0 Å². The molecule has 0 spiro atoms. The molecule has 23 heavy (non-hydrogen) atoms. The van der Waals surface area contributed by atoms with Gasteiger partial charge in [-0.3, -0.25) is 0 Å². The van der Waals surface area contributed by atoms with Gasteiger partial charge in [0.2, 0.25) is 5.82 Å². The molecule has 3 aromatic heterocycles. The topological polar surface area (TPSA) is 127 Å². The quantitative estimate of drug-likeness (QED) is 0.539. The average molecular weight is 308 g/mol. The molecular formula is C13H12N10. The molecule has 0 atom stereocenters. The van der Waals surface area contributed by atoms with E-state index in [1.807, 2.05) is 30.5 Å². The maximum Gasteiger partial charge on any atom is 0.204 e. The molecule has 3 heterocycles. The summed E-state index contributed by atoms with van der Waals surface area (Å²) >= 11 is 0. The molecule has 0 amide bonds. The van der Waals surface area contributed by atoms with Gasteiger partial charge in [-0.1, -0.05) is 29.5 Å². The number of rotatable bonds is 5. The minimum absolute atomic E-state index is 0.532. The number of nitrogens with zero attached hydrogens (tertiary/aromatic N) is 8. The molecule has 2 N–H and O–H groups in total. The predicted molar refractivity (Wildman–Crippen MR) is 77.9 cm³/mol. The van der Waals surface area contributed by atoms with E-state index in [4.69, 9.17) is 0 Å². The maximum atomic E-state index is 4.35. The molecule has 0 saturated carbocycles. The zero-order valence-electron chi connectivity index (χ0n) is 12.0. The van der Waals surface area contributed by atoms with Crippen LogP contribution in [0.3, 0.4) is 0 Å². The van der Waals surface area contributed by atoms with Gasteiger partial charge in [-0.25, -0.2) is 4.98 Å². The Morgan fingerprint density at radius 1 is 0.957 bits per heavy atom. The lowest BCUT2D eigenvalue weighted by Crippen LogP contribution is -2.06. The summed E-state index contributed by atoms with van der Waals surface area (Å²) in [7, 11) is 0. The molecule has 1 aromatic carbocycles. The Balaban J connectivity index is 1.51. The Labute approximate surface area is 130 Å². The number of tetrazole rings is 2. The minimum atomic E-state index is 0.532. The summed E-state index contributed by atoms with van der Waals surface area (Å²) in [5.41, 5.74) is 2.06. The monoisotopic (exact) mass is 308 g/mol. The van der Waals surface area contributed by atoms with Crippen LogP contribution < -0.4 is 0 Å². The zero-order chi connectivity index (χ0) is 15.5. The smallest absolute Gasteiger partial charge is 0.204 e. The van der Waals surface area contributed by atoms with Crippen LogP contribution in [0.1, 0.15) is 17.2 Å². The van der Waals surface area contributed by atoms with Crippen molar-refractivity contribution >= 4 is 0 Å². The SMILES string of the molecule is c1cn(Cc2ccc(-c3nn[nH]n3)cc2)c(Cc2nn[nH]n2)n1. The summed E-state index contributed by atoms with van der Waals surface area (Å²) in [4.78, 5) is 4.35. The summed E-state index contributed by atoms with van der Waals surface area (Å²) in [5.74, 6) is 2.08. The number of hydrogen-bond acceptors (Lipinski definition) is 7. The third kappa shape index (κ3) is 2.81. The van der Waals surface area contributed by atoms with Crippen LogP contribution >= 0.6 is 0 Å². The van der Waals surface area contributed by atoms with Gasteiger partial charge < -0.3 is 4.57 Å². The summed E-state index contributed by atoms with van der Waals surface area (Å²) in [6.45, 7) is 0.708. The molecule has 4 rings (SSSR count). The largest absolute Gasteiger partial charge is 0.330 e. The summed E-state index contributed by atoms with van der Waals surface area (Å²) < 4.78 is 2.06. The van der Waals surface area contributed by atoms with Gasteiger partial charge in [0, 0.05) is 24.5 Å². The van der Waals surface area contributed by atoms with E-state index >= 15 is 0 Å². The van der Waals surface area contributed by atoms with E-state index in [2.05, 4.69) is 50.8 Å². The third-order valence-electron chi connectivity index (χ3n) is 3.42. The number of imidazole rings is 1. The van der Waals surface area contributed by atoms with Crippen LogP contribution in [0.2, 0.25) is 0 Å².